The third kappa shape index (κ3) is 2.57. The molecule has 22 heavy (non-hydrogen) atoms. The molecule has 0 saturated carbocycles. The minimum absolute atomic E-state index is 0.219. The summed E-state index contributed by atoms with van der Waals surface area (Å²) < 4.78 is 6.78. The molecule has 0 N–H and O–H groups in total. The van der Waals surface area contributed by atoms with Crippen molar-refractivity contribution >= 4 is 17.0 Å². The molecule has 0 unspecified atom stereocenters. The van der Waals surface area contributed by atoms with Crippen LogP contribution in [0.1, 0.15) is 26.5 Å². The van der Waals surface area contributed by atoms with Crippen LogP contribution in [0.4, 0.5) is 4.79 Å². The van der Waals surface area contributed by atoms with Gasteiger partial charge in [-0.3, -0.25) is 4.98 Å². The molecule has 3 aromatic rings. The predicted octanol–water partition coefficient (Wildman–Crippen LogP) is 3.78. The van der Waals surface area contributed by atoms with Crippen molar-refractivity contribution in [2.24, 2.45) is 0 Å². The molecule has 0 atom stereocenters. The van der Waals surface area contributed by atoms with E-state index in [1.165, 1.54) is 4.68 Å². The van der Waals surface area contributed by atoms with E-state index in [0.29, 0.717) is 11.3 Å². The van der Waals surface area contributed by atoms with Gasteiger partial charge in [0, 0.05) is 17.0 Å². The first-order chi connectivity index (χ1) is 10.5. The van der Waals surface area contributed by atoms with E-state index >= 15 is 0 Å². The van der Waals surface area contributed by atoms with E-state index in [-0.39, 0.29) is 5.41 Å². The number of ether oxygens (including phenoxy) is 1. The van der Waals surface area contributed by atoms with E-state index in [2.05, 4.69) is 10.1 Å². The fourth-order valence-electron chi connectivity index (χ4n) is 2.29. The van der Waals surface area contributed by atoms with E-state index in [4.69, 9.17) is 4.74 Å². The SMILES string of the molecule is CC(C)(C)c1ncccc1OC(=O)n1ncc2ccccc21. The molecule has 0 aliphatic rings. The second kappa shape index (κ2) is 5.26. The quantitative estimate of drug-likeness (QED) is 0.685. The molecule has 3 rings (SSSR count). The Labute approximate surface area is 128 Å². The molecule has 1 aromatic carbocycles. The van der Waals surface area contributed by atoms with Gasteiger partial charge in [0.05, 0.1) is 17.4 Å². The first-order valence-corrected chi connectivity index (χ1v) is 7.07. The maximum Gasteiger partial charge on any atom is 0.440 e. The molecule has 5 heteroatoms. The molecule has 5 nitrogen and oxygen atoms in total. The molecule has 0 saturated heterocycles. The Balaban J connectivity index is 1.96. The fourth-order valence-corrected chi connectivity index (χ4v) is 2.29. The maximum absolute atomic E-state index is 12.4. The van der Waals surface area contributed by atoms with E-state index in [0.717, 1.165) is 11.1 Å². The van der Waals surface area contributed by atoms with Gasteiger partial charge in [-0.25, -0.2) is 4.79 Å². The van der Waals surface area contributed by atoms with Crippen molar-refractivity contribution in [3.63, 3.8) is 0 Å². The highest BCUT2D eigenvalue weighted by molar-refractivity contribution is 5.88. The monoisotopic (exact) mass is 295 g/mol. The summed E-state index contributed by atoms with van der Waals surface area (Å²) in [6, 6.07) is 11.0. The molecule has 0 fully saturated rings. The van der Waals surface area contributed by atoms with Crippen molar-refractivity contribution < 1.29 is 9.53 Å². The standard InChI is InChI=1S/C17H17N3O2/c1-17(2,3)15-14(9-6-10-18-15)22-16(21)20-13-8-5-4-7-12(13)11-19-20/h4-11H,1-3H3. The second-order valence-corrected chi connectivity index (χ2v) is 6.08. The highest BCUT2D eigenvalue weighted by atomic mass is 16.6. The van der Waals surface area contributed by atoms with Crippen molar-refractivity contribution in [3.8, 4) is 5.75 Å². The number of aromatic nitrogens is 3. The average molecular weight is 295 g/mol. The van der Waals surface area contributed by atoms with Gasteiger partial charge in [-0.2, -0.15) is 9.78 Å². The van der Waals surface area contributed by atoms with Crippen LogP contribution in [0.15, 0.2) is 48.8 Å². The molecule has 112 valence electrons. The highest BCUT2D eigenvalue weighted by Gasteiger charge is 2.23. The molecule has 0 radical (unpaired) electrons. The minimum atomic E-state index is -0.542. The normalized spacial score (nSPS) is 11.6. The second-order valence-electron chi connectivity index (χ2n) is 6.08. The Hall–Kier alpha value is -2.69. The zero-order chi connectivity index (χ0) is 15.7. The molecular weight excluding hydrogens is 278 g/mol. The van der Waals surface area contributed by atoms with Crippen LogP contribution >= 0.6 is 0 Å². The first-order valence-electron chi connectivity index (χ1n) is 7.07. The third-order valence-electron chi connectivity index (χ3n) is 3.33. The van der Waals surface area contributed by atoms with Crippen LogP contribution in [-0.4, -0.2) is 20.9 Å². The largest absolute Gasteiger partial charge is 0.440 e. The van der Waals surface area contributed by atoms with Gasteiger partial charge < -0.3 is 4.74 Å². The van der Waals surface area contributed by atoms with Crippen LogP contribution in [0.5, 0.6) is 5.75 Å². The average Bonchev–Trinajstić information content (AvgIpc) is 2.90. The number of hydrogen-bond donors (Lipinski definition) is 0. The number of carbonyl (C=O) groups excluding carboxylic acids is 1. The molecule has 0 amide bonds. The van der Waals surface area contributed by atoms with E-state index in [9.17, 15) is 4.79 Å². The zero-order valence-corrected chi connectivity index (χ0v) is 12.8. The van der Waals surface area contributed by atoms with Crippen LogP contribution in [0, 0.1) is 0 Å². The Morgan fingerprint density at radius 2 is 1.91 bits per heavy atom. The Morgan fingerprint density at radius 1 is 1.14 bits per heavy atom. The highest BCUT2D eigenvalue weighted by Crippen LogP contribution is 2.29. The number of pyridine rings is 1. The van der Waals surface area contributed by atoms with Gasteiger partial charge in [-0.1, -0.05) is 39.0 Å². The smallest absolute Gasteiger partial charge is 0.407 e. The van der Waals surface area contributed by atoms with Crippen molar-refractivity contribution in [3.05, 3.63) is 54.5 Å². The van der Waals surface area contributed by atoms with Gasteiger partial charge in [0.25, 0.3) is 0 Å². The molecular formula is C17H17N3O2. The minimum Gasteiger partial charge on any atom is -0.407 e. The fraction of sp³-hybridized carbons (Fsp3) is 0.235. The first kappa shape index (κ1) is 14.3. The summed E-state index contributed by atoms with van der Waals surface area (Å²) in [7, 11) is 0. The van der Waals surface area contributed by atoms with Crippen LogP contribution < -0.4 is 4.74 Å². The molecule has 0 aliphatic heterocycles. The lowest BCUT2D eigenvalue weighted by Crippen LogP contribution is -2.21. The van der Waals surface area contributed by atoms with Crippen molar-refractivity contribution in [1.29, 1.82) is 0 Å². The van der Waals surface area contributed by atoms with Gasteiger partial charge in [0.1, 0.15) is 0 Å². The lowest BCUT2D eigenvalue weighted by molar-refractivity contribution is 0.198. The summed E-state index contributed by atoms with van der Waals surface area (Å²) in [5, 5.41) is 5.00. The summed E-state index contributed by atoms with van der Waals surface area (Å²) in [6.07, 6.45) is 2.80. The number of nitrogens with zero attached hydrogens (tertiary/aromatic N) is 3. The summed E-state index contributed by atoms with van der Waals surface area (Å²) >= 11 is 0. The Morgan fingerprint density at radius 3 is 2.68 bits per heavy atom. The Kier molecular flexibility index (Phi) is 3.41. The molecule has 2 aromatic heterocycles. The van der Waals surface area contributed by atoms with E-state index in [1.807, 2.05) is 45.0 Å². The number of rotatable bonds is 1. The van der Waals surface area contributed by atoms with E-state index < -0.39 is 6.09 Å². The molecule has 0 bridgehead atoms. The number of benzene rings is 1. The lowest BCUT2D eigenvalue weighted by Gasteiger charge is -2.20. The van der Waals surface area contributed by atoms with Gasteiger partial charge in [0.15, 0.2) is 5.75 Å². The summed E-state index contributed by atoms with van der Waals surface area (Å²) in [5.41, 5.74) is 1.23. The van der Waals surface area contributed by atoms with Crippen molar-refractivity contribution in [1.82, 2.24) is 14.8 Å². The zero-order valence-electron chi connectivity index (χ0n) is 12.8. The van der Waals surface area contributed by atoms with Crippen LogP contribution in [0.2, 0.25) is 0 Å². The third-order valence-corrected chi connectivity index (χ3v) is 3.33. The molecule has 0 aliphatic carbocycles. The Bertz CT molecular complexity index is 831. The van der Waals surface area contributed by atoms with Crippen molar-refractivity contribution in [2.45, 2.75) is 26.2 Å². The lowest BCUT2D eigenvalue weighted by atomic mass is 9.91. The van der Waals surface area contributed by atoms with Gasteiger partial charge in [-0.05, 0) is 18.2 Å². The van der Waals surface area contributed by atoms with Gasteiger partial charge in [0.2, 0.25) is 0 Å². The van der Waals surface area contributed by atoms with Crippen molar-refractivity contribution in [2.75, 3.05) is 0 Å². The number of hydrogen-bond acceptors (Lipinski definition) is 4. The summed E-state index contributed by atoms with van der Waals surface area (Å²) in [5.74, 6) is 0.458. The van der Waals surface area contributed by atoms with Crippen LogP contribution in [0.25, 0.3) is 10.9 Å². The van der Waals surface area contributed by atoms with E-state index in [1.54, 1.807) is 24.5 Å². The topological polar surface area (TPSA) is 57.0 Å². The molecule has 0 spiro atoms. The number of fused-ring (bicyclic) bond motifs is 1. The summed E-state index contributed by atoms with van der Waals surface area (Å²) in [6.45, 7) is 6.07. The van der Waals surface area contributed by atoms with Gasteiger partial charge >= 0.3 is 6.09 Å². The summed E-state index contributed by atoms with van der Waals surface area (Å²) in [4.78, 5) is 16.8. The maximum atomic E-state index is 12.4. The molecule has 2 heterocycles. The van der Waals surface area contributed by atoms with Crippen LogP contribution in [0.3, 0.4) is 0 Å². The predicted molar refractivity (Wildman–Crippen MR) is 84.1 cm³/mol. The number of carbonyl (C=O) groups is 1. The van der Waals surface area contributed by atoms with Gasteiger partial charge in [-0.15, -0.1) is 0 Å². The number of para-hydroxylation sites is 1. The van der Waals surface area contributed by atoms with Crippen LogP contribution in [-0.2, 0) is 5.41 Å².